The van der Waals surface area contributed by atoms with E-state index in [0.717, 1.165) is 9.37 Å². The number of hydrogen-bond acceptors (Lipinski definition) is 3. The third-order valence-corrected chi connectivity index (χ3v) is 4.17. The predicted octanol–water partition coefficient (Wildman–Crippen LogP) is 4.33. The monoisotopic (exact) mass is 336 g/mol. The molecule has 2 nitrogen and oxygen atoms in total. The molecule has 96 valence electrons. The van der Waals surface area contributed by atoms with E-state index in [1.54, 1.807) is 18.2 Å². The summed E-state index contributed by atoms with van der Waals surface area (Å²) in [6.07, 6.45) is 0. The van der Waals surface area contributed by atoms with E-state index in [2.05, 4.69) is 15.9 Å². The highest BCUT2D eigenvalue weighted by Gasteiger charge is 2.09. The van der Waals surface area contributed by atoms with Gasteiger partial charge in [-0.05, 0) is 29.8 Å². The van der Waals surface area contributed by atoms with Gasteiger partial charge >= 0.3 is 0 Å². The van der Waals surface area contributed by atoms with Gasteiger partial charge in [0, 0.05) is 20.8 Å². The summed E-state index contributed by atoms with van der Waals surface area (Å²) in [7, 11) is 0. The molecule has 2 aromatic carbocycles. The molecule has 0 aromatic heterocycles. The molecule has 0 radical (unpaired) electrons. The van der Waals surface area contributed by atoms with Crippen molar-refractivity contribution in [1.29, 1.82) is 5.26 Å². The van der Waals surface area contributed by atoms with Crippen LogP contribution in [-0.2, 0) is 5.75 Å². The number of nitrogens with two attached hydrogens (primary N) is 1. The number of anilines is 1. The van der Waals surface area contributed by atoms with Crippen LogP contribution in [0.4, 0.5) is 10.1 Å². The summed E-state index contributed by atoms with van der Waals surface area (Å²) in [5, 5.41) is 8.79. The highest BCUT2D eigenvalue weighted by atomic mass is 79.9. The van der Waals surface area contributed by atoms with Crippen molar-refractivity contribution in [1.82, 2.24) is 0 Å². The Hall–Kier alpha value is -1.51. The fourth-order valence-corrected chi connectivity index (χ4v) is 3.06. The normalized spacial score (nSPS) is 10.2. The minimum absolute atomic E-state index is 0.0697. The van der Waals surface area contributed by atoms with Crippen molar-refractivity contribution in [3.8, 4) is 6.07 Å². The van der Waals surface area contributed by atoms with Crippen LogP contribution in [0.5, 0.6) is 0 Å². The zero-order chi connectivity index (χ0) is 13.8. The first-order valence-corrected chi connectivity index (χ1v) is 7.25. The van der Waals surface area contributed by atoms with Crippen molar-refractivity contribution in [3.63, 3.8) is 0 Å². The molecule has 0 saturated heterocycles. The van der Waals surface area contributed by atoms with Gasteiger partial charge in [0.25, 0.3) is 0 Å². The van der Waals surface area contributed by atoms with Gasteiger partial charge in [0.2, 0.25) is 0 Å². The maximum Gasteiger partial charge on any atom is 0.144 e. The third kappa shape index (κ3) is 3.28. The second-order valence-electron chi connectivity index (χ2n) is 3.86. The van der Waals surface area contributed by atoms with Crippen LogP contribution in [0.1, 0.15) is 11.1 Å². The number of halogens is 2. The van der Waals surface area contributed by atoms with E-state index >= 15 is 0 Å². The first kappa shape index (κ1) is 13.9. The molecule has 0 bridgehead atoms. The lowest BCUT2D eigenvalue weighted by molar-refractivity contribution is 0.613. The Balaban J connectivity index is 2.20. The predicted molar refractivity (Wildman–Crippen MR) is 79.2 cm³/mol. The Labute approximate surface area is 123 Å². The largest absolute Gasteiger partial charge is 0.398 e. The topological polar surface area (TPSA) is 49.8 Å². The molecule has 2 rings (SSSR count). The molecule has 0 amide bonds. The molecule has 0 aliphatic rings. The molecule has 2 aromatic rings. The number of hydrogen-bond donors (Lipinski definition) is 1. The number of rotatable bonds is 3. The lowest BCUT2D eigenvalue weighted by Gasteiger charge is -2.07. The minimum atomic E-state index is -0.453. The molecule has 0 atom stereocenters. The Morgan fingerprint density at radius 3 is 2.84 bits per heavy atom. The Bertz CT molecular complexity index is 652. The Morgan fingerprint density at radius 1 is 1.32 bits per heavy atom. The van der Waals surface area contributed by atoms with E-state index < -0.39 is 5.82 Å². The van der Waals surface area contributed by atoms with Gasteiger partial charge in [0.1, 0.15) is 11.9 Å². The van der Waals surface area contributed by atoms with Crippen LogP contribution in [0.25, 0.3) is 0 Å². The second-order valence-corrected chi connectivity index (χ2v) is 5.79. The van der Waals surface area contributed by atoms with E-state index in [-0.39, 0.29) is 5.56 Å². The molecule has 5 heteroatoms. The van der Waals surface area contributed by atoms with E-state index in [1.165, 1.54) is 17.8 Å². The van der Waals surface area contributed by atoms with Gasteiger partial charge in [0.05, 0.1) is 5.56 Å². The molecule has 0 saturated carbocycles. The van der Waals surface area contributed by atoms with Crippen LogP contribution in [0.15, 0.2) is 45.8 Å². The first-order valence-electron chi connectivity index (χ1n) is 5.47. The zero-order valence-corrected chi connectivity index (χ0v) is 12.3. The summed E-state index contributed by atoms with van der Waals surface area (Å²) < 4.78 is 14.8. The van der Waals surface area contributed by atoms with Crippen molar-refractivity contribution < 1.29 is 4.39 Å². The summed E-state index contributed by atoms with van der Waals surface area (Å²) in [5.41, 5.74) is 7.09. The van der Waals surface area contributed by atoms with Crippen LogP contribution >= 0.6 is 27.7 Å². The summed E-state index contributed by atoms with van der Waals surface area (Å²) in [5.74, 6) is -0.0202. The highest BCUT2D eigenvalue weighted by molar-refractivity contribution is 9.10. The molecule has 0 spiro atoms. The maximum absolute atomic E-state index is 13.9. The van der Waals surface area contributed by atoms with Crippen LogP contribution in [0, 0.1) is 17.1 Å². The zero-order valence-electron chi connectivity index (χ0n) is 9.86. The van der Waals surface area contributed by atoms with E-state index in [4.69, 9.17) is 11.0 Å². The highest BCUT2D eigenvalue weighted by Crippen LogP contribution is 2.31. The summed E-state index contributed by atoms with van der Waals surface area (Å²) >= 11 is 4.82. The second kappa shape index (κ2) is 6.09. The lowest BCUT2D eigenvalue weighted by Crippen LogP contribution is -1.93. The van der Waals surface area contributed by atoms with Crippen molar-refractivity contribution >= 4 is 33.4 Å². The van der Waals surface area contributed by atoms with Gasteiger partial charge in [-0.1, -0.05) is 28.1 Å². The maximum atomic E-state index is 13.9. The molecule has 0 fully saturated rings. The molecule has 19 heavy (non-hydrogen) atoms. The summed E-state index contributed by atoms with van der Waals surface area (Å²) in [4.78, 5) is 0.885. The third-order valence-electron chi connectivity index (χ3n) is 2.56. The van der Waals surface area contributed by atoms with Gasteiger partial charge in [-0.15, -0.1) is 11.8 Å². The van der Waals surface area contributed by atoms with Crippen molar-refractivity contribution in [3.05, 3.63) is 57.8 Å². The SMILES string of the molecule is N#Cc1cccc(CSc2cc(Br)ccc2N)c1F. The number of benzene rings is 2. The quantitative estimate of drug-likeness (QED) is 0.670. The molecule has 0 aliphatic carbocycles. The number of thioether (sulfide) groups is 1. The average molecular weight is 337 g/mol. The molecule has 0 unspecified atom stereocenters. The van der Waals surface area contributed by atoms with Crippen LogP contribution in [0.2, 0.25) is 0 Å². The summed E-state index contributed by atoms with van der Waals surface area (Å²) in [6, 6.07) is 12.2. The van der Waals surface area contributed by atoms with E-state index in [9.17, 15) is 4.39 Å². The van der Waals surface area contributed by atoms with Crippen LogP contribution < -0.4 is 5.73 Å². The van der Waals surface area contributed by atoms with Gasteiger partial charge < -0.3 is 5.73 Å². The standard InChI is InChI=1S/C14H10BrFN2S/c15-11-4-5-12(18)13(6-11)19-8-10-3-1-2-9(7-17)14(10)16/h1-6H,8,18H2. The van der Waals surface area contributed by atoms with E-state index in [1.807, 2.05) is 18.2 Å². The van der Waals surface area contributed by atoms with Gasteiger partial charge in [-0.3, -0.25) is 0 Å². The van der Waals surface area contributed by atoms with Gasteiger partial charge in [-0.2, -0.15) is 5.26 Å². The van der Waals surface area contributed by atoms with Crippen molar-refractivity contribution in [2.75, 3.05) is 5.73 Å². The molecular formula is C14H10BrFN2S. The fourth-order valence-electron chi connectivity index (χ4n) is 1.57. The molecule has 0 aliphatic heterocycles. The minimum Gasteiger partial charge on any atom is -0.398 e. The van der Waals surface area contributed by atoms with Gasteiger partial charge in [0.15, 0.2) is 0 Å². The number of nitriles is 1. The van der Waals surface area contributed by atoms with Crippen LogP contribution in [0.3, 0.4) is 0 Å². The average Bonchev–Trinajstić information content (AvgIpc) is 2.41. The Kier molecular flexibility index (Phi) is 4.46. The van der Waals surface area contributed by atoms with Gasteiger partial charge in [-0.25, -0.2) is 4.39 Å². The number of nitrogens with zero attached hydrogens (tertiary/aromatic N) is 1. The smallest absolute Gasteiger partial charge is 0.144 e. The van der Waals surface area contributed by atoms with Crippen molar-refractivity contribution in [2.45, 2.75) is 10.6 Å². The van der Waals surface area contributed by atoms with Crippen LogP contribution in [-0.4, -0.2) is 0 Å². The summed E-state index contributed by atoms with van der Waals surface area (Å²) in [6.45, 7) is 0. The fraction of sp³-hybridized carbons (Fsp3) is 0.0714. The Morgan fingerprint density at radius 2 is 2.11 bits per heavy atom. The van der Waals surface area contributed by atoms with Crippen molar-refractivity contribution in [2.24, 2.45) is 0 Å². The molecule has 0 heterocycles. The first-order chi connectivity index (χ1) is 9.11. The molecular weight excluding hydrogens is 327 g/mol. The lowest BCUT2D eigenvalue weighted by atomic mass is 10.1. The number of nitrogen functional groups attached to an aromatic ring is 1. The van der Waals surface area contributed by atoms with E-state index in [0.29, 0.717) is 17.0 Å². The molecule has 2 N–H and O–H groups in total.